The molecule has 0 aromatic carbocycles. The monoisotopic (exact) mass is 250 g/mol. The molecule has 7 nitrogen and oxygen atoms in total. The standard InChI is InChI=1S/C11H14N4O3/c1-5-9(15(17)18)4-14(13-5)6-2-7-8(3-6)10(7)11(12)16/h4,6-8,10H,2-3H2,1H3,(H2,12,16). The lowest BCUT2D eigenvalue weighted by atomic mass is 10.1. The Bertz CT molecular complexity index is 526. The van der Waals surface area contributed by atoms with Gasteiger partial charge in [-0.05, 0) is 31.6 Å². The second-order valence-electron chi connectivity index (χ2n) is 5.22. The third kappa shape index (κ3) is 1.50. The van der Waals surface area contributed by atoms with E-state index in [9.17, 15) is 14.9 Å². The van der Waals surface area contributed by atoms with Crippen LogP contribution < -0.4 is 5.73 Å². The van der Waals surface area contributed by atoms with E-state index in [1.54, 1.807) is 11.6 Å². The summed E-state index contributed by atoms with van der Waals surface area (Å²) in [5, 5.41) is 15.0. The fraction of sp³-hybridized carbons (Fsp3) is 0.636. The molecular weight excluding hydrogens is 236 g/mol. The summed E-state index contributed by atoms with van der Waals surface area (Å²) in [6, 6.07) is 0.169. The Morgan fingerprint density at radius 3 is 2.61 bits per heavy atom. The number of nitrogens with zero attached hydrogens (tertiary/aromatic N) is 3. The Labute approximate surface area is 103 Å². The Kier molecular flexibility index (Phi) is 2.20. The van der Waals surface area contributed by atoms with Gasteiger partial charge in [-0.2, -0.15) is 5.10 Å². The van der Waals surface area contributed by atoms with E-state index in [-0.39, 0.29) is 23.6 Å². The summed E-state index contributed by atoms with van der Waals surface area (Å²) in [6.45, 7) is 1.64. The van der Waals surface area contributed by atoms with Gasteiger partial charge in [-0.1, -0.05) is 0 Å². The van der Waals surface area contributed by atoms with Crippen molar-refractivity contribution >= 4 is 11.6 Å². The molecule has 2 fully saturated rings. The Hall–Kier alpha value is -1.92. The van der Waals surface area contributed by atoms with Gasteiger partial charge in [0.1, 0.15) is 11.9 Å². The average molecular weight is 250 g/mol. The predicted molar refractivity (Wildman–Crippen MR) is 61.6 cm³/mol. The lowest BCUT2D eigenvalue weighted by molar-refractivity contribution is -0.385. The predicted octanol–water partition coefficient (Wildman–Crippen LogP) is 0.782. The number of amides is 1. The van der Waals surface area contributed by atoms with E-state index in [1.165, 1.54) is 6.20 Å². The summed E-state index contributed by atoms with van der Waals surface area (Å²) in [6.07, 6.45) is 3.18. The van der Waals surface area contributed by atoms with Crippen molar-refractivity contribution in [3.05, 3.63) is 22.0 Å². The van der Waals surface area contributed by atoms with Crippen LogP contribution in [0.15, 0.2) is 6.20 Å². The van der Waals surface area contributed by atoms with E-state index < -0.39 is 4.92 Å². The Balaban J connectivity index is 1.74. The number of primary amides is 1. The molecular formula is C11H14N4O3. The molecule has 96 valence electrons. The number of aryl methyl sites for hydroxylation is 1. The zero-order chi connectivity index (χ0) is 13.0. The van der Waals surface area contributed by atoms with Gasteiger partial charge in [-0.3, -0.25) is 19.6 Å². The van der Waals surface area contributed by atoms with E-state index in [0.29, 0.717) is 17.5 Å². The van der Waals surface area contributed by atoms with E-state index >= 15 is 0 Å². The molecule has 1 aromatic rings. The maximum atomic E-state index is 11.1. The molecule has 2 aliphatic carbocycles. The molecule has 0 radical (unpaired) electrons. The molecule has 0 spiro atoms. The van der Waals surface area contributed by atoms with Gasteiger partial charge in [0.25, 0.3) is 0 Å². The zero-order valence-corrected chi connectivity index (χ0v) is 9.94. The maximum absolute atomic E-state index is 11.1. The molecule has 0 bridgehead atoms. The normalized spacial score (nSPS) is 33.2. The number of hydrogen-bond acceptors (Lipinski definition) is 4. The van der Waals surface area contributed by atoms with Crippen LogP contribution in [0, 0.1) is 34.8 Å². The first kappa shape index (κ1) is 11.2. The van der Waals surface area contributed by atoms with Gasteiger partial charge < -0.3 is 5.73 Å². The third-order valence-corrected chi connectivity index (χ3v) is 4.21. The molecule has 2 aliphatic rings. The van der Waals surface area contributed by atoms with Crippen molar-refractivity contribution in [2.45, 2.75) is 25.8 Å². The molecule has 0 aliphatic heterocycles. The maximum Gasteiger partial charge on any atom is 0.309 e. The Morgan fingerprint density at radius 2 is 2.17 bits per heavy atom. The number of hydrogen-bond donors (Lipinski definition) is 1. The minimum atomic E-state index is -0.416. The number of nitrogens with two attached hydrogens (primary N) is 1. The van der Waals surface area contributed by atoms with E-state index in [4.69, 9.17) is 5.73 Å². The SMILES string of the molecule is Cc1nn(C2CC3C(C2)C3C(N)=O)cc1[N+](=O)[O-]. The number of carbonyl (C=O) groups is 1. The molecule has 2 atom stereocenters. The quantitative estimate of drug-likeness (QED) is 0.632. The summed E-state index contributed by atoms with van der Waals surface area (Å²) in [5.41, 5.74) is 5.78. The number of fused-ring (bicyclic) bond motifs is 1. The van der Waals surface area contributed by atoms with Crippen LogP contribution in [-0.4, -0.2) is 20.6 Å². The Morgan fingerprint density at radius 1 is 1.56 bits per heavy atom. The van der Waals surface area contributed by atoms with Gasteiger partial charge in [0.15, 0.2) is 0 Å². The summed E-state index contributed by atoms with van der Waals surface area (Å²) in [7, 11) is 0. The lowest BCUT2D eigenvalue weighted by Gasteiger charge is -2.13. The van der Waals surface area contributed by atoms with Gasteiger partial charge >= 0.3 is 5.69 Å². The fourth-order valence-corrected chi connectivity index (χ4v) is 3.29. The van der Waals surface area contributed by atoms with Crippen LogP contribution >= 0.6 is 0 Å². The molecule has 3 rings (SSSR count). The second kappa shape index (κ2) is 3.54. The van der Waals surface area contributed by atoms with Crippen LogP contribution in [0.2, 0.25) is 0 Å². The van der Waals surface area contributed by atoms with Crippen molar-refractivity contribution in [2.75, 3.05) is 0 Å². The van der Waals surface area contributed by atoms with Crippen LogP contribution in [0.4, 0.5) is 5.69 Å². The first-order valence-electron chi connectivity index (χ1n) is 5.98. The highest BCUT2D eigenvalue weighted by Gasteiger charge is 2.59. The molecule has 1 amide bonds. The van der Waals surface area contributed by atoms with E-state index in [0.717, 1.165) is 12.8 Å². The van der Waals surface area contributed by atoms with Crippen molar-refractivity contribution in [2.24, 2.45) is 23.5 Å². The van der Waals surface area contributed by atoms with Gasteiger partial charge in [-0.15, -0.1) is 0 Å². The minimum absolute atomic E-state index is 0.0212. The van der Waals surface area contributed by atoms with Crippen molar-refractivity contribution in [3.8, 4) is 0 Å². The molecule has 1 aromatic heterocycles. The van der Waals surface area contributed by atoms with Crippen molar-refractivity contribution in [1.29, 1.82) is 0 Å². The van der Waals surface area contributed by atoms with Crippen LogP contribution in [0.3, 0.4) is 0 Å². The molecule has 2 N–H and O–H groups in total. The summed E-state index contributed by atoms with van der Waals surface area (Å²) >= 11 is 0. The molecule has 1 heterocycles. The van der Waals surface area contributed by atoms with Crippen molar-refractivity contribution in [3.63, 3.8) is 0 Å². The highest BCUT2D eigenvalue weighted by atomic mass is 16.6. The highest BCUT2D eigenvalue weighted by molar-refractivity contribution is 5.80. The topological polar surface area (TPSA) is 104 Å². The van der Waals surface area contributed by atoms with Gasteiger partial charge in [0.05, 0.1) is 11.0 Å². The second-order valence-corrected chi connectivity index (χ2v) is 5.22. The first-order valence-corrected chi connectivity index (χ1v) is 5.98. The van der Waals surface area contributed by atoms with Crippen molar-refractivity contribution < 1.29 is 9.72 Å². The largest absolute Gasteiger partial charge is 0.369 e. The molecule has 2 unspecified atom stereocenters. The third-order valence-electron chi connectivity index (χ3n) is 4.21. The van der Waals surface area contributed by atoms with Crippen LogP contribution in [-0.2, 0) is 4.79 Å². The molecule has 2 saturated carbocycles. The average Bonchev–Trinajstić information content (AvgIpc) is 2.67. The van der Waals surface area contributed by atoms with Gasteiger partial charge in [0, 0.05) is 5.92 Å². The lowest BCUT2D eigenvalue weighted by Crippen LogP contribution is -2.19. The number of nitro groups is 1. The van der Waals surface area contributed by atoms with Gasteiger partial charge in [0.2, 0.25) is 5.91 Å². The zero-order valence-electron chi connectivity index (χ0n) is 9.94. The number of rotatable bonds is 3. The van der Waals surface area contributed by atoms with Gasteiger partial charge in [-0.25, -0.2) is 0 Å². The molecule has 0 saturated heterocycles. The van der Waals surface area contributed by atoms with E-state index in [1.807, 2.05) is 0 Å². The smallest absolute Gasteiger partial charge is 0.309 e. The minimum Gasteiger partial charge on any atom is -0.369 e. The summed E-state index contributed by atoms with van der Waals surface area (Å²) in [4.78, 5) is 21.4. The fourth-order valence-electron chi connectivity index (χ4n) is 3.29. The first-order chi connectivity index (χ1) is 8.49. The summed E-state index contributed by atoms with van der Waals surface area (Å²) in [5.74, 6) is 0.520. The van der Waals surface area contributed by atoms with Crippen LogP contribution in [0.1, 0.15) is 24.6 Å². The van der Waals surface area contributed by atoms with Crippen LogP contribution in [0.5, 0.6) is 0 Å². The number of carbonyl (C=O) groups excluding carboxylic acids is 1. The molecule has 18 heavy (non-hydrogen) atoms. The molecule has 7 heteroatoms. The number of aromatic nitrogens is 2. The van der Waals surface area contributed by atoms with Crippen molar-refractivity contribution in [1.82, 2.24) is 9.78 Å². The summed E-state index contributed by atoms with van der Waals surface area (Å²) < 4.78 is 1.68. The van der Waals surface area contributed by atoms with Crippen LogP contribution in [0.25, 0.3) is 0 Å². The van der Waals surface area contributed by atoms with E-state index in [2.05, 4.69) is 5.10 Å². The highest BCUT2D eigenvalue weighted by Crippen LogP contribution is 2.60.